The van der Waals surface area contributed by atoms with Gasteiger partial charge < -0.3 is 15.4 Å². The lowest BCUT2D eigenvalue weighted by Gasteiger charge is -2.07. The van der Waals surface area contributed by atoms with Gasteiger partial charge in [-0.1, -0.05) is 6.92 Å². The van der Waals surface area contributed by atoms with E-state index in [1.165, 1.54) is 0 Å². The molecular formula is C9H16N8O. The highest BCUT2D eigenvalue weighted by Gasteiger charge is 2.04. The summed E-state index contributed by atoms with van der Waals surface area (Å²) in [5, 5.41) is 9.14. The van der Waals surface area contributed by atoms with Crippen molar-refractivity contribution in [3.8, 4) is 0 Å². The van der Waals surface area contributed by atoms with Crippen molar-refractivity contribution in [1.29, 1.82) is 0 Å². The largest absolute Gasteiger partial charge is 0.361 e. The molecular weight excluding hydrogens is 236 g/mol. The fourth-order valence-electron chi connectivity index (χ4n) is 1.10. The number of rotatable bonds is 8. The molecule has 0 atom stereocenters. The van der Waals surface area contributed by atoms with Gasteiger partial charge in [-0.3, -0.25) is 0 Å². The van der Waals surface area contributed by atoms with Crippen molar-refractivity contribution in [2.45, 2.75) is 20.3 Å². The number of nitrogens with zero attached hydrogens (tertiary/aromatic N) is 6. The van der Waals surface area contributed by atoms with E-state index < -0.39 is 0 Å². The summed E-state index contributed by atoms with van der Waals surface area (Å²) in [6.45, 7) is 5.53. The maximum atomic E-state index is 8.37. The Morgan fingerprint density at radius 1 is 1.22 bits per heavy atom. The molecule has 0 bridgehead atoms. The average Bonchev–Trinajstić information content (AvgIpc) is 2.35. The predicted molar refractivity (Wildman–Crippen MR) is 67.5 cm³/mol. The van der Waals surface area contributed by atoms with Crippen LogP contribution >= 0.6 is 0 Å². The van der Waals surface area contributed by atoms with Crippen LogP contribution in [0.1, 0.15) is 20.3 Å². The molecule has 1 rings (SSSR count). The number of aromatic nitrogens is 3. The molecule has 0 amide bonds. The minimum absolute atomic E-state index is 0.0152. The highest BCUT2D eigenvalue weighted by atomic mass is 16.5. The van der Waals surface area contributed by atoms with Crippen LogP contribution in [0.5, 0.6) is 0 Å². The van der Waals surface area contributed by atoms with Gasteiger partial charge in [0.15, 0.2) is 0 Å². The Balaban J connectivity index is 2.72. The number of ether oxygens (including phenoxy) is 1. The summed E-state index contributed by atoms with van der Waals surface area (Å²) in [6, 6.07) is 0. The first-order chi connectivity index (χ1) is 8.80. The summed E-state index contributed by atoms with van der Waals surface area (Å²) in [4.78, 5) is 14.6. The molecule has 1 aromatic rings. The molecule has 0 unspecified atom stereocenters. The fourth-order valence-corrected chi connectivity index (χ4v) is 1.10. The van der Waals surface area contributed by atoms with Crippen molar-refractivity contribution in [2.24, 2.45) is 5.11 Å². The molecule has 0 spiro atoms. The average molecular weight is 252 g/mol. The van der Waals surface area contributed by atoms with Gasteiger partial charge in [0.2, 0.25) is 17.8 Å². The summed E-state index contributed by atoms with van der Waals surface area (Å²) in [7, 11) is 0. The van der Waals surface area contributed by atoms with Crippen molar-refractivity contribution in [3.05, 3.63) is 10.4 Å². The van der Waals surface area contributed by atoms with Crippen LogP contribution in [0, 0.1) is 0 Å². The topological polar surface area (TPSA) is 121 Å². The monoisotopic (exact) mass is 252 g/mol. The lowest BCUT2D eigenvalue weighted by atomic mass is 10.5. The van der Waals surface area contributed by atoms with Crippen LogP contribution in [0.3, 0.4) is 0 Å². The zero-order valence-corrected chi connectivity index (χ0v) is 10.4. The molecule has 98 valence electrons. The van der Waals surface area contributed by atoms with Gasteiger partial charge in [-0.15, -0.1) is 0 Å². The molecule has 0 aliphatic rings. The number of azide groups is 1. The summed E-state index contributed by atoms with van der Waals surface area (Å²) in [5.74, 6) is 0.675. The van der Waals surface area contributed by atoms with E-state index in [0.717, 1.165) is 6.42 Å². The Kier molecular flexibility index (Phi) is 6.23. The van der Waals surface area contributed by atoms with Crippen LogP contribution in [0.25, 0.3) is 10.4 Å². The van der Waals surface area contributed by atoms with E-state index in [-0.39, 0.29) is 5.95 Å². The molecule has 1 heterocycles. The van der Waals surface area contributed by atoms with Crippen LogP contribution in [0.4, 0.5) is 17.8 Å². The van der Waals surface area contributed by atoms with E-state index in [1.54, 1.807) is 0 Å². The highest BCUT2D eigenvalue weighted by Crippen LogP contribution is 2.11. The van der Waals surface area contributed by atoms with E-state index >= 15 is 0 Å². The zero-order valence-electron chi connectivity index (χ0n) is 10.4. The normalized spacial score (nSPS) is 9.67. The van der Waals surface area contributed by atoms with Crippen molar-refractivity contribution < 1.29 is 4.74 Å². The summed E-state index contributed by atoms with van der Waals surface area (Å²) in [5.41, 5.74) is 8.37. The first-order valence-electron chi connectivity index (χ1n) is 5.66. The van der Waals surface area contributed by atoms with E-state index in [4.69, 9.17) is 10.3 Å². The van der Waals surface area contributed by atoms with Crippen molar-refractivity contribution in [2.75, 3.05) is 30.5 Å². The van der Waals surface area contributed by atoms with Gasteiger partial charge in [0.05, 0.1) is 0 Å². The van der Waals surface area contributed by atoms with Gasteiger partial charge in [-0.25, -0.2) is 0 Å². The number of hydrogen-bond donors (Lipinski definition) is 2. The third-order valence-electron chi connectivity index (χ3n) is 1.77. The van der Waals surface area contributed by atoms with Crippen LogP contribution in [-0.2, 0) is 4.74 Å². The Morgan fingerprint density at radius 3 is 2.56 bits per heavy atom. The predicted octanol–water partition coefficient (Wildman–Crippen LogP) is 2.04. The van der Waals surface area contributed by atoms with Gasteiger partial charge in [0.1, 0.15) is 6.73 Å². The molecule has 9 nitrogen and oxygen atoms in total. The second kappa shape index (κ2) is 8.04. The highest BCUT2D eigenvalue weighted by molar-refractivity contribution is 5.39. The molecule has 0 aliphatic heterocycles. The first kappa shape index (κ1) is 13.9. The molecule has 18 heavy (non-hydrogen) atoms. The van der Waals surface area contributed by atoms with E-state index in [1.807, 2.05) is 13.8 Å². The quantitative estimate of drug-likeness (QED) is 0.240. The van der Waals surface area contributed by atoms with E-state index in [9.17, 15) is 0 Å². The van der Waals surface area contributed by atoms with Gasteiger partial charge in [-0.05, 0) is 24.0 Å². The smallest absolute Gasteiger partial charge is 0.229 e. The summed E-state index contributed by atoms with van der Waals surface area (Å²) in [6.07, 6.45) is 0.936. The molecule has 1 aromatic heterocycles. The molecule has 0 radical (unpaired) electrons. The molecule has 2 N–H and O–H groups in total. The Hall–Kier alpha value is -2.12. The third kappa shape index (κ3) is 4.81. The van der Waals surface area contributed by atoms with Gasteiger partial charge in [0.25, 0.3) is 0 Å². The lowest BCUT2D eigenvalue weighted by molar-refractivity contribution is 0.152. The molecule has 0 saturated heterocycles. The number of hydrogen-bond acceptors (Lipinski definition) is 7. The van der Waals surface area contributed by atoms with Crippen molar-refractivity contribution in [1.82, 2.24) is 15.0 Å². The maximum Gasteiger partial charge on any atom is 0.229 e. The Bertz CT molecular complexity index is 417. The maximum absolute atomic E-state index is 8.37. The van der Waals surface area contributed by atoms with E-state index in [2.05, 4.69) is 35.6 Å². The van der Waals surface area contributed by atoms with Gasteiger partial charge in [-0.2, -0.15) is 15.0 Å². The van der Waals surface area contributed by atoms with Crippen LogP contribution in [-0.4, -0.2) is 34.8 Å². The second-order valence-electron chi connectivity index (χ2n) is 3.23. The number of anilines is 2. The third-order valence-corrected chi connectivity index (χ3v) is 1.77. The summed E-state index contributed by atoms with van der Waals surface area (Å²) >= 11 is 0. The number of nitrogens with one attached hydrogen (secondary N) is 2. The van der Waals surface area contributed by atoms with Crippen LogP contribution < -0.4 is 10.6 Å². The van der Waals surface area contributed by atoms with Gasteiger partial charge >= 0.3 is 0 Å². The zero-order chi connectivity index (χ0) is 13.2. The molecule has 0 aliphatic carbocycles. The van der Waals surface area contributed by atoms with Crippen LogP contribution in [0.2, 0.25) is 0 Å². The minimum atomic E-state index is 0.0152. The Labute approximate surface area is 105 Å². The molecule has 9 heteroatoms. The molecule has 0 saturated carbocycles. The molecule has 0 aromatic carbocycles. The Morgan fingerprint density at radius 2 is 1.94 bits per heavy atom. The standard InChI is InChI=1S/C9H16N8O/c1-3-5-18-6-12-8-13-7(11-4-2)14-9(15-8)16-17-10/h3-6H2,1-2H3,(H2,11,12,13,14,15). The fraction of sp³-hybridized carbons (Fsp3) is 0.667. The second-order valence-corrected chi connectivity index (χ2v) is 3.23. The SMILES string of the molecule is CCCOCNc1nc(N=[N+]=[N-])nc(NCC)n1. The van der Waals surface area contributed by atoms with E-state index in [0.29, 0.717) is 31.8 Å². The summed E-state index contributed by atoms with van der Waals surface area (Å²) < 4.78 is 5.25. The lowest BCUT2D eigenvalue weighted by Crippen LogP contribution is -2.11. The van der Waals surface area contributed by atoms with Crippen LogP contribution in [0.15, 0.2) is 5.11 Å². The van der Waals surface area contributed by atoms with Crippen molar-refractivity contribution >= 4 is 17.8 Å². The molecule has 0 fully saturated rings. The minimum Gasteiger partial charge on any atom is -0.361 e. The van der Waals surface area contributed by atoms with Gasteiger partial charge in [0, 0.05) is 18.1 Å². The first-order valence-corrected chi connectivity index (χ1v) is 5.66. The van der Waals surface area contributed by atoms with Crippen molar-refractivity contribution in [3.63, 3.8) is 0 Å².